The van der Waals surface area contributed by atoms with Crippen molar-refractivity contribution >= 4 is 16.1 Å². The monoisotopic (exact) mass is 274 g/mol. The lowest BCUT2D eigenvalue weighted by molar-refractivity contribution is -0.119. The Bertz CT molecular complexity index is 512. The highest BCUT2D eigenvalue weighted by molar-refractivity contribution is 7.87. The van der Waals surface area contributed by atoms with Crippen LogP contribution in [-0.4, -0.2) is 32.7 Å². The summed E-state index contributed by atoms with van der Waals surface area (Å²) in [6, 6.07) is 5.71. The molecule has 0 saturated carbocycles. The van der Waals surface area contributed by atoms with Crippen molar-refractivity contribution in [2.45, 2.75) is 12.8 Å². The number of hydrogen-bond acceptors (Lipinski definition) is 3. The molecule has 0 aliphatic rings. The fourth-order valence-corrected chi connectivity index (χ4v) is 1.77. The molecule has 0 atom stereocenters. The number of amides is 1. The van der Waals surface area contributed by atoms with E-state index in [1.807, 2.05) is 4.72 Å². The third-order valence-corrected chi connectivity index (χ3v) is 3.72. The van der Waals surface area contributed by atoms with Gasteiger partial charge in [-0.15, -0.1) is 0 Å². The van der Waals surface area contributed by atoms with Gasteiger partial charge in [0.2, 0.25) is 5.91 Å². The van der Waals surface area contributed by atoms with Gasteiger partial charge in [-0.05, 0) is 24.1 Å². The largest absolute Gasteiger partial charge is 0.303 e. The predicted molar refractivity (Wildman–Crippen MR) is 65.5 cm³/mol. The van der Waals surface area contributed by atoms with Gasteiger partial charge in [0, 0.05) is 20.5 Å². The average Bonchev–Trinajstić information content (AvgIpc) is 2.27. The topological polar surface area (TPSA) is 66.5 Å². The van der Waals surface area contributed by atoms with Gasteiger partial charge >= 0.3 is 10.2 Å². The Morgan fingerprint density at radius 2 is 1.83 bits per heavy atom. The van der Waals surface area contributed by atoms with Crippen LogP contribution in [-0.2, 0) is 21.4 Å². The molecule has 1 aromatic carbocycles. The molecular formula is C11H15FN2O3S. The second-order valence-corrected chi connectivity index (χ2v) is 5.82. The minimum atomic E-state index is -3.73. The minimum absolute atomic E-state index is 0.0265. The van der Waals surface area contributed by atoms with Crippen molar-refractivity contribution in [3.05, 3.63) is 35.6 Å². The standard InChI is InChI=1S/C11H15FN2O3S/c1-14(2)18(16,17)13-11(15)8-5-9-3-6-10(12)7-4-9/h3-4,6-7H,5,8H2,1-2H3,(H,13,15). The van der Waals surface area contributed by atoms with Gasteiger partial charge in [0.1, 0.15) is 5.82 Å². The summed E-state index contributed by atoms with van der Waals surface area (Å²) >= 11 is 0. The lowest BCUT2D eigenvalue weighted by Crippen LogP contribution is -2.39. The van der Waals surface area contributed by atoms with Crippen LogP contribution in [0.4, 0.5) is 4.39 Å². The molecule has 5 nitrogen and oxygen atoms in total. The zero-order valence-corrected chi connectivity index (χ0v) is 11.0. The van der Waals surface area contributed by atoms with E-state index in [9.17, 15) is 17.6 Å². The molecule has 1 rings (SSSR count). The number of nitrogens with one attached hydrogen (secondary N) is 1. The molecule has 7 heteroatoms. The number of carbonyl (C=O) groups is 1. The Morgan fingerprint density at radius 3 is 2.33 bits per heavy atom. The minimum Gasteiger partial charge on any atom is -0.274 e. The van der Waals surface area contributed by atoms with Crippen LogP contribution in [0.15, 0.2) is 24.3 Å². The van der Waals surface area contributed by atoms with E-state index in [4.69, 9.17) is 0 Å². The second-order valence-electron chi connectivity index (χ2n) is 3.94. The van der Waals surface area contributed by atoms with Crippen LogP contribution in [0.3, 0.4) is 0 Å². The number of rotatable bonds is 5. The zero-order valence-electron chi connectivity index (χ0n) is 10.2. The smallest absolute Gasteiger partial charge is 0.274 e. The molecule has 0 fully saturated rings. The van der Waals surface area contributed by atoms with E-state index in [1.54, 1.807) is 12.1 Å². The summed E-state index contributed by atoms with van der Waals surface area (Å²) < 4.78 is 38.2. The molecule has 1 N–H and O–H groups in total. The molecule has 18 heavy (non-hydrogen) atoms. The first kappa shape index (κ1) is 14.6. The molecule has 100 valence electrons. The van der Waals surface area contributed by atoms with Crippen molar-refractivity contribution in [1.82, 2.24) is 9.03 Å². The summed E-state index contributed by atoms with van der Waals surface area (Å²) in [5, 5.41) is 0. The van der Waals surface area contributed by atoms with Gasteiger partial charge in [0.25, 0.3) is 0 Å². The quantitative estimate of drug-likeness (QED) is 0.858. The van der Waals surface area contributed by atoms with Crippen molar-refractivity contribution in [3.63, 3.8) is 0 Å². The Kier molecular flexibility index (Phi) is 4.80. The molecule has 1 aromatic rings. The zero-order chi connectivity index (χ0) is 13.8. The first-order valence-corrected chi connectivity index (χ1v) is 6.73. The van der Waals surface area contributed by atoms with Gasteiger partial charge in [0.05, 0.1) is 0 Å². The predicted octanol–water partition coefficient (Wildman–Crippen LogP) is 0.681. The van der Waals surface area contributed by atoms with Crippen LogP contribution in [0, 0.1) is 5.82 Å². The van der Waals surface area contributed by atoms with E-state index >= 15 is 0 Å². The van der Waals surface area contributed by atoms with Crippen molar-refractivity contribution in [2.24, 2.45) is 0 Å². The fraction of sp³-hybridized carbons (Fsp3) is 0.364. The van der Waals surface area contributed by atoms with Gasteiger partial charge in [-0.3, -0.25) is 4.79 Å². The van der Waals surface area contributed by atoms with Crippen LogP contribution in [0.1, 0.15) is 12.0 Å². The average molecular weight is 274 g/mol. The molecular weight excluding hydrogens is 259 g/mol. The van der Waals surface area contributed by atoms with Crippen LogP contribution >= 0.6 is 0 Å². The highest BCUT2D eigenvalue weighted by atomic mass is 32.2. The number of benzene rings is 1. The van der Waals surface area contributed by atoms with Gasteiger partial charge in [-0.1, -0.05) is 12.1 Å². The van der Waals surface area contributed by atoms with E-state index in [2.05, 4.69) is 0 Å². The van der Waals surface area contributed by atoms with Gasteiger partial charge < -0.3 is 0 Å². The molecule has 0 aliphatic carbocycles. The molecule has 0 unspecified atom stereocenters. The van der Waals surface area contributed by atoms with Crippen molar-refractivity contribution in [3.8, 4) is 0 Å². The molecule has 0 spiro atoms. The Balaban J connectivity index is 2.50. The summed E-state index contributed by atoms with van der Waals surface area (Å²) in [7, 11) is -1.08. The van der Waals surface area contributed by atoms with E-state index in [0.29, 0.717) is 6.42 Å². The lowest BCUT2D eigenvalue weighted by Gasteiger charge is -2.12. The van der Waals surface area contributed by atoms with Crippen LogP contribution < -0.4 is 4.72 Å². The molecule has 0 aliphatic heterocycles. The van der Waals surface area contributed by atoms with Crippen molar-refractivity contribution in [2.75, 3.05) is 14.1 Å². The molecule has 1 amide bonds. The van der Waals surface area contributed by atoms with E-state index in [0.717, 1.165) is 9.87 Å². The molecule has 0 radical (unpaired) electrons. The Labute approximate surface area is 106 Å². The number of carbonyl (C=O) groups excluding carboxylic acids is 1. The van der Waals surface area contributed by atoms with Crippen molar-refractivity contribution in [1.29, 1.82) is 0 Å². The first-order valence-electron chi connectivity index (χ1n) is 5.29. The van der Waals surface area contributed by atoms with E-state index in [-0.39, 0.29) is 12.2 Å². The maximum atomic E-state index is 12.6. The lowest BCUT2D eigenvalue weighted by atomic mass is 10.1. The summed E-state index contributed by atoms with van der Waals surface area (Å²) in [4.78, 5) is 11.4. The van der Waals surface area contributed by atoms with Crippen LogP contribution in [0.25, 0.3) is 0 Å². The van der Waals surface area contributed by atoms with Crippen LogP contribution in [0.2, 0.25) is 0 Å². The third-order valence-electron chi connectivity index (χ3n) is 2.28. The molecule has 0 heterocycles. The van der Waals surface area contributed by atoms with Gasteiger partial charge in [-0.2, -0.15) is 12.7 Å². The summed E-state index contributed by atoms with van der Waals surface area (Å²) in [6.45, 7) is 0. The highest BCUT2D eigenvalue weighted by Gasteiger charge is 2.16. The summed E-state index contributed by atoms with van der Waals surface area (Å²) in [5.41, 5.74) is 0.772. The maximum absolute atomic E-state index is 12.6. The highest BCUT2D eigenvalue weighted by Crippen LogP contribution is 2.05. The third kappa shape index (κ3) is 4.42. The fourth-order valence-electron chi connectivity index (χ4n) is 1.20. The number of hydrogen-bond donors (Lipinski definition) is 1. The van der Waals surface area contributed by atoms with E-state index < -0.39 is 16.1 Å². The first-order chi connectivity index (χ1) is 8.31. The van der Waals surface area contributed by atoms with Gasteiger partial charge in [0.15, 0.2) is 0 Å². The Hall–Kier alpha value is -1.47. The Morgan fingerprint density at radius 1 is 1.28 bits per heavy atom. The normalized spacial score (nSPS) is 11.6. The number of aryl methyl sites for hydroxylation is 1. The van der Waals surface area contributed by atoms with Crippen LogP contribution in [0.5, 0.6) is 0 Å². The second kappa shape index (κ2) is 5.92. The molecule has 0 saturated heterocycles. The SMILES string of the molecule is CN(C)S(=O)(=O)NC(=O)CCc1ccc(F)cc1. The number of halogens is 1. The van der Waals surface area contributed by atoms with Crippen molar-refractivity contribution < 1.29 is 17.6 Å². The summed E-state index contributed by atoms with van der Waals surface area (Å²) in [5.74, 6) is -0.939. The van der Waals surface area contributed by atoms with Gasteiger partial charge in [-0.25, -0.2) is 9.11 Å². The number of nitrogens with zero attached hydrogens (tertiary/aromatic N) is 1. The van der Waals surface area contributed by atoms with E-state index in [1.165, 1.54) is 26.2 Å². The molecule has 0 bridgehead atoms. The molecule has 0 aromatic heterocycles. The maximum Gasteiger partial charge on any atom is 0.303 e. The summed E-state index contributed by atoms with van der Waals surface area (Å²) in [6.07, 6.45) is 0.383.